The van der Waals surface area contributed by atoms with Gasteiger partial charge in [-0.25, -0.2) is 0 Å². The Labute approximate surface area is 124 Å². The summed E-state index contributed by atoms with van der Waals surface area (Å²) in [6.07, 6.45) is -3.80. The molecule has 6 nitrogen and oxygen atoms in total. The lowest BCUT2D eigenvalue weighted by Gasteiger charge is -2.10. The summed E-state index contributed by atoms with van der Waals surface area (Å²) in [5, 5.41) is 16.1. The van der Waals surface area contributed by atoms with Crippen LogP contribution in [-0.4, -0.2) is 23.9 Å². The Kier molecular flexibility index (Phi) is 6.14. The van der Waals surface area contributed by atoms with E-state index in [0.717, 1.165) is 18.6 Å². The minimum atomic E-state index is -4.65. The van der Waals surface area contributed by atoms with Gasteiger partial charge in [-0.1, -0.05) is 6.92 Å². The summed E-state index contributed by atoms with van der Waals surface area (Å²) < 4.78 is 37.6. The molecule has 0 atom stereocenters. The van der Waals surface area contributed by atoms with Gasteiger partial charge in [0.2, 0.25) is 5.91 Å². The normalized spacial score (nSPS) is 11.1. The molecule has 0 saturated heterocycles. The summed E-state index contributed by atoms with van der Waals surface area (Å²) >= 11 is 0. The van der Waals surface area contributed by atoms with Gasteiger partial charge in [-0.15, -0.1) is 0 Å². The highest BCUT2D eigenvalue weighted by atomic mass is 19.4. The number of amides is 1. The van der Waals surface area contributed by atoms with Crippen LogP contribution in [0.5, 0.6) is 0 Å². The largest absolute Gasteiger partial charge is 0.416 e. The summed E-state index contributed by atoms with van der Waals surface area (Å²) in [4.78, 5) is 21.3. The van der Waals surface area contributed by atoms with Gasteiger partial charge >= 0.3 is 6.18 Å². The van der Waals surface area contributed by atoms with Gasteiger partial charge in [-0.2, -0.15) is 13.2 Å². The quantitative estimate of drug-likeness (QED) is 0.598. The Morgan fingerprint density at radius 3 is 2.55 bits per heavy atom. The van der Waals surface area contributed by atoms with Gasteiger partial charge in [0.05, 0.1) is 10.5 Å². The second kappa shape index (κ2) is 7.62. The third-order valence-corrected chi connectivity index (χ3v) is 2.76. The summed E-state index contributed by atoms with van der Waals surface area (Å²) in [7, 11) is 0. The maximum atomic E-state index is 12.5. The highest BCUT2D eigenvalue weighted by molar-refractivity contribution is 5.76. The van der Waals surface area contributed by atoms with Crippen molar-refractivity contribution in [1.29, 1.82) is 0 Å². The number of benzene rings is 1. The predicted octanol–water partition coefficient (Wildman–Crippen LogP) is 2.94. The van der Waals surface area contributed by atoms with Crippen molar-refractivity contribution in [2.45, 2.75) is 25.9 Å². The van der Waals surface area contributed by atoms with Crippen molar-refractivity contribution in [1.82, 2.24) is 5.32 Å². The van der Waals surface area contributed by atoms with Gasteiger partial charge in [0.1, 0.15) is 5.69 Å². The average Bonchev–Trinajstić information content (AvgIpc) is 2.44. The highest BCUT2D eigenvalue weighted by Gasteiger charge is 2.32. The number of nitrogens with one attached hydrogen (secondary N) is 2. The van der Waals surface area contributed by atoms with Crippen LogP contribution in [0.1, 0.15) is 25.3 Å². The maximum Gasteiger partial charge on any atom is 0.416 e. The van der Waals surface area contributed by atoms with Crippen molar-refractivity contribution in [2.24, 2.45) is 0 Å². The fourth-order valence-electron chi connectivity index (χ4n) is 1.67. The molecule has 1 amide bonds. The number of rotatable bonds is 7. The van der Waals surface area contributed by atoms with E-state index in [-0.39, 0.29) is 24.6 Å². The zero-order valence-electron chi connectivity index (χ0n) is 11.9. The molecule has 1 rings (SSSR count). The molecule has 1 aromatic rings. The van der Waals surface area contributed by atoms with Crippen LogP contribution in [0.15, 0.2) is 18.2 Å². The molecule has 0 aliphatic heterocycles. The van der Waals surface area contributed by atoms with Crippen molar-refractivity contribution in [3.63, 3.8) is 0 Å². The minimum absolute atomic E-state index is 0.0544. The van der Waals surface area contributed by atoms with E-state index in [1.54, 1.807) is 0 Å². The standard InChI is InChI=1S/C13H16F3N3O3/c1-2-6-18-12(20)5-7-17-10-4-3-9(13(14,15)16)8-11(10)19(21)22/h3-4,8,17H,2,5-7H2,1H3,(H,18,20). The minimum Gasteiger partial charge on any atom is -0.379 e. The Morgan fingerprint density at radius 2 is 2.00 bits per heavy atom. The number of hydrogen-bond acceptors (Lipinski definition) is 4. The number of hydrogen-bond donors (Lipinski definition) is 2. The number of carbonyl (C=O) groups is 1. The van der Waals surface area contributed by atoms with E-state index < -0.39 is 22.4 Å². The van der Waals surface area contributed by atoms with Crippen molar-refractivity contribution in [2.75, 3.05) is 18.4 Å². The molecule has 9 heteroatoms. The van der Waals surface area contributed by atoms with Crippen molar-refractivity contribution >= 4 is 17.3 Å². The number of nitro benzene ring substituents is 1. The SMILES string of the molecule is CCCNC(=O)CCNc1ccc(C(F)(F)F)cc1[N+](=O)[O-]. The molecule has 0 bridgehead atoms. The van der Waals surface area contributed by atoms with E-state index in [0.29, 0.717) is 12.6 Å². The van der Waals surface area contributed by atoms with Gasteiger partial charge in [0.25, 0.3) is 5.69 Å². The second-order valence-electron chi connectivity index (χ2n) is 4.51. The molecule has 0 fully saturated rings. The fourth-order valence-corrected chi connectivity index (χ4v) is 1.67. The maximum absolute atomic E-state index is 12.5. The summed E-state index contributed by atoms with van der Waals surface area (Å²) in [5.41, 5.74) is -1.82. The smallest absolute Gasteiger partial charge is 0.379 e. The first-order valence-corrected chi connectivity index (χ1v) is 6.62. The molecule has 0 radical (unpaired) electrons. The molecule has 0 aliphatic rings. The monoisotopic (exact) mass is 319 g/mol. The number of carbonyl (C=O) groups excluding carboxylic acids is 1. The molecule has 0 spiro atoms. The van der Waals surface area contributed by atoms with Gasteiger partial charge in [0, 0.05) is 25.6 Å². The van der Waals surface area contributed by atoms with Crippen molar-refractivity contribution < 1.29 is 22.9 Å². The number of halogens is 3. The van der Waals surface area contributed by atoms with Gasteiger partial charge < -0.3 is 10.6 Å². The van der Waals surface area contributed by atoms with Crippen LogP contribution in [0.2, 0.25) is 0 Å². The first-order chi connectivity index (χ1) is 10.3. The van der Waals surface area contributed by atoms with Crippen LogP contribution < -0.4 is 10.6 Å². The molecule has 0 aliphatic carbocycles. The lowest BCUT2D eigenvalue weighted by atomic mass is 10.1. The van der Waals surface area contributed by atoms with Crippen LogP contribution in [0.3, 0.4) is 0 Å². The number of anilines is 1. The van der Waals surface area contributed by atoms with E-state index in [9.17, 15) is 28.1 Å². The Balaban J connectivity index is 2.74. The van der Waals surface area contributed by atoms with Gasteiger partial charge in [-0.05, 0) is 18.6 Å². The lowest BCUT2D eigenvalue weighted by Crippen LogP contribution is -2.25. The number of nitro groups is 1. The highest BCUT2D eigenvalue weighted by Crippen LogP contribution is 2.34. The molecule has 122 valence electrons. The van der Waals surface area contributed by atoms with Crippen LogP contribution >= 0.6 is 0 Å². The summed E-state index contributed by atoms with van der Waals surface area (Å²) in [6.45, 7) is 2.51. The number of nitrogens with zero attached hydrogens (tertiary/aromatic N) is 1. The van der Waals surface area contributed by atoms with Crippen LogP contribution in [-0.2, 0) is 11.0 Å². The Morgan fingerprint density at radius 1 is 1.32 bits per heavy atom. The van der Waals surface area contributed by atoms with E-state index in [2.05, 4.69) is 10.6 Å². The molecular formula is C13H16F3N3O3. The lowest BCUT2D eigenvalue weighted by molar-refractivity contribution is -0.384. The third-order valence-electron chi connectivity index (χ3n) is 2.76. The molecule has 22 heavy (non-hydrogen) atoms. The molecule has 1 aromatic carbocycles. The van der Waals surface area contributed by atoms with Gasteiger partial charge in [-0.3, -0.25) is 14.9 Å². The summed E-state index contributed by atoms with van der Waals surface area (Å²) in [5.74, 6) is -0.232. The van der Waals surface area contributed by atoms with Crippen molar-refractivity contribution in [3.8, 4) is 0 Å². The van der Waals surface area contributed by atoms with Gasteiger partial charge in [0.15, 0.2) is 0 Å². The summed E-state index contributed by atoms with van der Waals surface area (Å²) in [6, 6.07) is 2.22. The first kappa shape index (κ1) is 17.7. The average molecular weight is 319 g/mol. The van der Waals surface area contributed by atoms with Crippen molar-refractivity contribution in [3.05, 3.63) is 33.9 Å². The van der Waals surface area contributed by atoms with E-state index >= 15 is 0 Å². The van der Waals surface area contributed by atoms with Crippen LogP contribution in [0, 0.1) is 10.1 Å². The first-order valence-electron chi connectivity index (χ1n) is 6.62. The Hall–Kier alpha value is -2.32. The molecule has 0 heterocycles. The van der Waals surface area contributed by atoms with E-state index in [4.69, 9.17) is 0 Å². The van der Waals surface area contributed by atoms with Crippen LogP contribution in [0.4, 0.5) is 24.5 Å². The number of alkyl halides is 3. The molecule has 0 saturated carbocycles. The zero-order valence-corrected chi connectivity index (χ0v) is 11.9. The second-order valence-corrected chi connectivity index (χ2v) is 4.51. The molecule has 0 unspecified atom stereocenters. The molecular weight excluding hydrogens is 303 g/mol. The van der Waals surface area contributed by atoms with Crippen LogP contribution in [0.25, 0.3) is 0 Å². The van der Waals surface area contributed by atoms with E-state index in [1.807, 2.05) is 6.92 Å². The molecule has 0 aromatic heterocycles. The van der Waals surface area contributed by atoms with E-state index in [1.165, 1.54) is 0 Å². The molecule has 2 N–H and O–H groups in total. The Bertz CT molecular complexity index is 547. The fraction of sp³-hybridized carbons (Fsp3) is 0.462. The predicted molar refractivity (Wildman–Crippen MR) is 74.5 cm³/mol. The third kappa shape index (κ3) is 5.23. The topological polar surface area (TPSA) is 84.3 Å². The zero-order chi connectivity index (χ0) is 16.8.